The van der Waals surface area contributed by atoms with Gasteiger partial charge in [-0.15, -0.1) is 12.4 Å². The van der Waals surface area contributed by atoms with Crippen LogP contribution in [0.3, 0.4) is 0 Å². The van der Waals surface area contributed by atoms with Gasteiger partial charge < -0.3 is 16.0 Å². The average molecular weight is 262 g/mol. The Morgan fingerprint density at radius 1 is 1.18 bits per heavy atom. The van der Waals surface area contributed by atoms with E-state index < -0.39 is 0 Å². The first-order chi connectivity index (χ1) is 7.75. The molecule has 1 aliphatic carbocycles. The van der Waals surface area contributed by atoms with E-state index in [0.717, 1.165) is 38.6 Å². The quantitative estimate of drug-likeness (QED) is 0.664. The fraction of sp³-hybridized carbons (Fsp3) is 0.818. The lowest BCUT2D eigenvalue weighted by Crippen LogP contribution is -2.49. The summed E-state index contributed by atoms with van der Waals surface area (Å²) < 4.78 is 0. The summed E-state index contributed by atoms with van der Waals surface area (Å²) in [5, 5.41) is 8.66. The van der Waals surface area contributed by atoms with Crippen LogP contribution >= 0.6 is 12.4 Å². The zero-order valence-electron chi connectivity index (χ0n) is 9.83. The Labute approximate surface area is 108 Å². The number of amides is 2. The number of carbonyl (C=O) groups is 2. The molecule has 1 saturated heterocycles. The van der Waals surface area contributed by atoms with Crippen LogP contribution < -0.4 is 16.0 Å². The summed E-state index contributed by atoms with van der Waals surface area (Å²) >= 11 is 0. The van der Waals surface area contributed by atoms with E-state index in [1.807, 2.05) is 0 Å². The third kappa shape index (κ3) is 4.91. The molecule has 5 nitrogen and oxygen atoms in total. The molecule has 0 bridgehead atoms. The van der Waals surface area contributed by atoms with Gasteiger partial charge in [-0.1, -0.05) is 6.42 Å². The van der Waals surface area contributed by atoms with Gasteiger partial charge in [-0.2, -0.15) is 0 Å². The largest absolute Gasteiger partial charge is 0.352 e. The molecular weight excluding hydrogens is 242 g/mol. The van der Waals surface area contributed by atoms with Crippen molar-refractivity contribution in [2.75, 3.05) is 13.1 Å². The van der Waals surface area contributed by atoms with Gasteiger partial charge >= 0.3 is 0 Å². The van der Waals surface area contributed by atoms with Gasteiger partial charge in [0, 0.05) is 6.04 Å². The highest BCUT2D eigenvalue weighted by molar-refractivity contribution is 5.87. The van der Waals surface area contributed by atoms with E-state index in [2.05, 4.69) is 16.0 Å². The van der Waals surface area contributed by atoms with Gasteiger partial charge in [0.1, 0.15) is 0 Å². The van der Waals surface area contributed by atoms with Gasteiger partial charge in [0.05, 0.1) is 12.6 Å². The second kappa shape index (κ2) is 6.81. The molecule has 2 rings (SSSR count). The molecule has 0 aromatic carbocycles. The van der Waals surface area contributed by atoms with Crippen molar-refractivity contribution in [2.45, 2.75) is 44.2 Å². The van der Waals surface area contributed by atoms with Crippen LogP contribution in [0.4, 0.5) is 0 Å². The van der Waals surface area contributed by atoms with Crippen LogP contribution in [0.15, 0.2) is 0 Å². The van der Waals surface area contributed by atoms with Crippen LogP contribution in [0.25, 0.3) is 0 Å². The molecule has 1 unspecified atom stereocenters. The van der Waals surface area contributed by atoms with E-state index in [1.54, 1.807) is 0 Å². The second-order valence-corrected chi connectivity index (χ2v) is 4.56. The molecule has 1 heterocycles. The molecule has 2 aliphatic rings. The van der Waals surface area contributed by atoms with Crippen molar-refractivity contribution in [3.63, 3.8) is 0 Å². The van der Waals surface area contributed by atoms with Gasteiger partial charge in [-0.3, -0.25) is 9.59 Å². The lowest BCUT2D eigenvalue weighted by molar-refractivity contribution is -0.127. The third-order valence-corrected chi connectivity index (χ3v) is 2.99. The van der Waals surface area contributed by atoms with Crippen LogP contribution in [0.5, 0.6) is 0 Å². The zero-order valence-corrected chi connectivity index (χ0v) is 10.6. The van der Waals surface area contributed by atoms with Crippen molar-refractivity contribution in [1.82, 2.24) is 16.0 Å². The number of halogens is 1. The Bertz CT molecular complexity index is 276. The Hall–Kier alpha value is -0.810. The molecule has 0 spiro atoms. The molecule has 1 saturated carbocycles. The summed E-state index contributed by atoms with van der Waals surface area (Å²) in [5.74, 6) is -0.127. The maximum Gasteiger partial charge on any atom is 0.239 e. The van der Waals surface area contributed by atoms with Gasteiger partial charge in [0.15, 0.2) is 0 Å². The highest BCUT2D eigenvalue weighted by atomic mass is 35.5. The lowest BCUT2D eigenvalue weighted by Gasteiger charge is -2.22. The summed E-state index contributed by atoms with van der Waals surface area (Å²) in [6, 6.07) is 0.250. The minimum Gasteiger partial charge on any atom is -0.352 e. The van der Waals surface area contributed by atoms with Crippen molar-refractivity contribution in [3.05, 3.63) is 0 Å². The third-order valence-electron chi connectivity index (χ3n) is 2.99. The topological polar surface area (TPSA) is 70.2 Å². The molecule has 17 heavy (non-hydrogen) atoms. The molecule has 0 aromatic heterocycles. The zero-order chi connectivity index (χ0) is 11.4. The number of nitrogens with one attached hydrogen (secondary N) is 3. The molecule has 1 aliphatic heterocycles. The van der Waals surface area contributed by atoms with E-state index in [9.17, 15) is 9.59 Å². The molecule has 1 atom stereocenters. The number of piperidine rings is 1. The van der Waals surface area contributed by atoms with Crippen molar-refractivity contribution in [1.29, 1.82) is 0 Å². The van der Waals surface area contributed by atoms with Crippen LogP contribution in [0.1, 0.15) is 32.1 Å². The molecule has 98 valence electrons. The molecule has 2 fully saturated rings. The van der Waals surface area contributed by atoms with Crippen molar-refractivity contribution in [3.8, 4) is 0 Å². The van der Waals surface area contributed by atoms with Gasteiger partial charge in [0.25, 0.3) is 0 Å². The maximum absolute atomic E-state index is 11.7. The van der Waals surface area contributed by atoms with Crippen LogP contribution in [0.2, 0.25) is 0 Å². The smallest absolute Gasteiger partial charge is 0.239 e. The van der Waals surface area contributed by atoms with Crippen molar-refractivity contribution < 1.29 is 9.59 Å². The molecule has 0 aromatic rings. The highest BCUT2D eigenvalue weighted by Crippen LogP contribution is 2.18. The first-order valence-electron chi connectivity index (χ1n) is 6.06. The Morgan fingerprint density at radius 3 is 2.53 bits per heavy atom. The van der Waals surface area contributed by atoms with Crippen molar-refractivity contribution >= 4 is 24.2 Å². The summed E-state index contributed by atoms with van der Waals surface area (Å²) in [7, 11) is 0. The number of rotatable bonds is 4. The second-order valence-electron chi connectivity index (χ2n) is 4.56. The first kappa shape index (κ1) is 14.3. The summed E-state index contributed by atoms with van der Waals surface area (Å²) in [6.07, 6.45) is 5.23. The number of hydrogen-bond donors (Lipinski definition) is 3. The van der Waals surface area contributed by atoms with Gasteiger partial charge in [0.2, 0.25) is 11.8 Å². The maximum atomic E-state index is 11.7. The fourth-order valence-corrected chi connectivity index (χ4v) is 1.87. The van der Waals surface area contributed by atoms with Gasteiger partial charge in [-0.25, -0.2) is 0 Å². The van der Waals surface area contributed by atoms with E-state index in [0.29, 0.717) is 6.04 Å². The normalized spacial score (nSPS) is 23.4. The molecular formula is C11H20ClN3O2. The highest BCUT2D eigenvalue weighted by Gasteiger charge is 2.24. The molecule has 0 radical (unpaired) electrons. The van der Waals surface area contributed by atoms with E-state index in [4.69, 9.17) is 0 Å². The summed E-state index contributed by atoms with van der Waals surface area (Å²) in [4.78, 5) is 23.0. The number of carbonyl (C=O) groups excluding carboxylic acids is 2. The van der Waals surface area contributed by atoms with Crippen molar-refractivity contribution in [2.24, 2.45) is 0 Å². The predicted molar refractivity (Wildman–Crippen MR) is 67.1 cm³/mol. The van der Waals surface area contributed by atoms with Crippen LogP contribution in [-0.2, 0) is 9.59 Å². The van der Waals surface area contributed by atoms with Gasteiger partial charge in [-0.05, 0) is 32.2 Å². The van der Waals surface area contributed by atoms with E-state index in [-0.39, 0.29) is 36.8 Å². The summed E-state index contributed by atoms with van der Waals surface area (Å²) in [6.45, 7) is 1.000. The molecule has 3 N–H and O–H groups in total. The molecule has 6 heteroatoms. The monoisotopic (exact) mass is 261 g/mol. The van der Waals surface area contributed by atoms with Crippen LogP contribution in [0, 0.1) is 0 Å². The predicted octanol–water partition coefficient (Wildman–Crippen LogP) is -0.0549. The number of hydrogen-bond acceptors (Lipinski definition) is 3. The van der Waals surface area contributed by atoms with Crippen LogP contribution in [-0.4, -0.2) is 37.0 Å². The van der Waals surface area contributed by atoms with E-state index >= 15 is 0 Å². The first-order valence-corrected chi connectivity index (χ1v) is 6.06. The average Bonchev–Trinajstić information content (AvgIpc) is 3.11. The SMILES string of the molecule is Cl.O=C(CNC(=O)C1CCCCN1)NC1CC1. The van der Waals surface area contributed by atoms with E-state index in [1.165, 1.54) is 0 Å². The Balaban J connectivity index is 0.00000144. The Kier molecular flexibility index (Phi) is 5.71. The Morgan fingerprint density at radius 2 is 1.94 bits per heavy atom. The lowest BCUT2D eigenvalue weighted by atomic mass is 10.0. The standard InChI is InChI=1S/C11H19N3O2.ClH/c15-10(14-8-4-5-8)7-13-11(16)9-3-1-2-6-12-9;/h8-9,12H,1-7H2,(H,13,16)(H,14,15);1H. The fourth-order valence-electron chi connectivity index (χ4n) is 1.87. The minimum absolute atomic E-state index is 0. The summed E-state index contributed by atoms with van der Waals surface area (Å²) in [5.41, 5.74) is 0. The minimum atomic E-state index is -0.109. The molecule has 2 amide bonds.